The number of anilines is 4. The highest BCUT2D eigenvalue weighted by atomic mass is 16.7. The van der Waals surface area contributed by atoms with Crippen LogP contribution < -0.4 is 20.1 Å². The molecule has 0 atom stereocenters. The van der Waals surface area contributed by atoms with E-state index in [9.17, 15) is 0 Å². The molecule has 0 saturated heterocycles. The number of ether oxygens (including phenoxy) is 2. The SMILES string of the molecule is N#Cc1ccc(Nc2cnnc(Nc3ccc4c(c3)OCO4)n2)cc1. The summed E-state index contributed by atoms with van der Waals surface area (Å²) in [6.07, 6.45) is 1.52. The minimum atomic E-state index is 0.223. The number of aromatic nitrogens is 3. The highest BCUT2D eigenvalue weighted by Gasteiger charge is 2.13. The van der Waals surface area contributed by atoms with Crippen molar-refractivity contribution in [3.63, 3.8) is 0 Å². The molecule has 0 aliphatic carbocycles. The van der Waals surface area contributed by atoms with E-state index in [-0.39, 0.29) is 6.79 Å². The average molecular weight is 332 g/mol. The Hall–Kier alpha value is -3.86. The molecular formula is C17H12N6O2. The van der Waals surface area contributed by atoms with Crippen molar-refractivity contribution >= 4 is 23.1 Å². The second-order valence-corrected chi connectivity index (χ2v) is 5.17. The molecule has 2 heterocycles. The van der Waals surface area contributed by atoms with Crippen LogP contribution in [0.3, 0.4) is 0 Å². The number of hydrogen-bond acceptors (Lipinski definition) is 8. The maximum absolute atomic E-state index is 8.83. The maximum atomic E-state index is 8.83. The van der Waals surface area contributed by atoms with Gasteiger partial charge in [-0.05, 0) is 36.4 Å². The minimum absolute atomic E-state index is 0.223. The Bertz CT molecular complexity index is 952. The molecule has 1 aliphatic heterocycles. The van der Waals surface area contributed by atoms with Gasteiger partial charge in [0.15, 0.2) is 17.3 Å². The molecule has 8 heteroatoms. The molecule has 1 aromatic heterocycles. The van der Waals surface area contributed by atoms with Gasteiger partial charge in [-0.15, -0.1) is 5.10 Å². The van der Waals surface area contributed by atoms with Crippen LogP contribution in [0.2, 0.25) is 0 Å². The van der Waals surface area contributed by atoms with Gasteiger partial charge in [0, 0.05) is 17.4 Å². The molecule has 0 bridgehead atoms. The fourth-order valence-electron chi connectivity index (χ4n) is 2.30. The normalized spacial score (nSPS) is 11.6. The Morgan fingerprint density at radius 3 is 2.60 bits per heavy atom. The van der Waals surface area contributed by atoms with E-state index in [1.54, 1.807) is 24.3 Å². The topological polar surface area (TPSA) is 105 Å². The van der Waals surface area contributed by atoms with E-state index in [1.165, 1.54) is 6.20 Å². The monoisotopic (exact) mass is 332 g/mol. The van der Waals surface area contributed by atoms with Crippen molar-refractivity contribution < 1.29 is 9.47 Å². The number of hydrogen-bond donors (Lipinski definition) is 2. The lowest BCUT2D eigenvalue weighted by molar-refractivity contribution is 0.174. The van der Waals surface area contributed by atoms with Gasteiger partial charge in [0.25, 0.3) is 0 Å². The molecule has 122 valence electrons. The Morgan fingerprint density at radius 2 is 1.76 bits per heavy atom. The zero-order valence-electron chi connectivity index (χ0n) is 12.9. The third-order valence-electron chi connectivity index (χ3n) is 3.47. The highest BCUT2D eigenvalue weighted by molar-refractivity contribution is 5.62. The van der Waals surface area contributed by atoms with Crippen molar-refractivity contribution in [2.24, 2.45) is 0 Å². The molecule has 0 radical (unpaired) electrons. The lowest BCUT2D eigenvalue weighted by atomic mass is 10.2. The fraction of sp³-hybridized carbons (Fsp3) is 0.0588. The van der Waals surface area contributed by atoms with E-state index in [0.717, 1.165) is 11.4 Å². The van der Waals surface area contributed by atoms with Gasteiger partial charge in [-0.25, -0.2) is 0 Å². The first-order valence-corrected chi connectivity index (χ1v) is 7.44. The minimum Gasteiger partial charge on any atom is -0.454 e. The first-order chi connectivity index (χ1) is 12.3. The van der Waals surface area contributed by atoms with Crippen LogP contribution >= 0.6 is 0 Å². The summed E-state index contributed by atoms with van der Waals surface area (Å²) in [5, 5.41) is 22.9. The zero-order valence-corrected chi connectivity index (χ0v) is 12.9. The quantitative estimate of drug-likeness (QED) is 0.751. The van der Waals surface area contributed by atoms with Gasteiger partial charge in [-0.3, -0.25) is 0 Å². The molecule has 0 amide bonds. The van der Waals surface area contributed by atoms with Crippen LogP contribution in [-0.2, 0) is 0 Å². The number of fused-ring (bicyclic) bond motifs is 1. The van der Waals surface area contributed by atoms with Crippen molar-refractivity contribution in [2.45, 2.75) is 0 Å². The lowest BCUT2D eigenvalue weighted by Crippen LogP contribution is -2.02. The molecule has 0 fully saturated rings. The van der Waals surface area contributed by atoms with Crippen LogP contribution in [0.15, 0.2) is 48.7 Å². The van der Waals surface area contributed by atoms with Crippen LogP contribution in [-0.4, -0.2) is 22.0 Å². The van der Waals surface area contributed by atoms with Crippen LogP contribution in [0.4, 0.5) is 23.1 Å². The van der Waals surface area contributed by atoms with Crippen LogP contribution in [0, 0.1) is 11.3 Å². The highest BCUT2D eigenvalue weighted by Crippen LogP contribution is 2.34. The summed E-state index contributed by atoms with van der Waals surface area (Å²) < 4.78 is 10.6. The summed E-state index contributed by atoms with van der Waals surface area (Å²) >= 11 is 0. The first-order valence-electron chi connectivity index (χ1n) is 7.44. The van der Waals surface area contributed by atoms with Gasteiger partial charge in [0.1, 0.15) is 0 Å². The third kappa shape index (κ3) is 3.25. The zero-order chi connectivity index (χ0) is 17.1. The molecule has 25 heavy (non-hydrogen) atoms. The first kappa shape index (κ1) is 14.7. The van der Waals surface area contributed by atoms with Crippen LogP contribution in [0.25, 0.3) is 0 Å². The van der Waals surface area contributed by atoms with Gasteiger partial charge in [-0.1, -0.05) is 0 Å². The van der Waals surface area contributed by atoms with Gasteiger partial charge in [0.05, 0.1) is 17.8 Å². The van der Waals surface area contributed by atoms with Crippen LogP contribution in [0.5, 0.6) is 11.5 Å². The second-order valence-electron chi connectivity index (χ2n) is 5.17. The summed E-state index contributed by atoms with van der Waals surface area (Å²) in [5.74, 6) is 2.26. The number of benzene rings is 2. The van der Waals surface area contributed by atoms with E-state index < -0.39 is 0 Å². The number of nitriles is 1. The van der Waals surface area contributed by atoms with E-state index in [2.05, 4.69) is 31.9 Å². The molecule has 2 aromatic carbocycles. The van der Waals surface area contributed by atoms with E-state index in [1.807, 2.05) is 18.2 Å². The van der Waals surface area contributed by atoms with Gasteiger partial charge in [-0.2, -0.15) is 15.3 Å². The van der Waals surface area contributed by atoms with Gasteiger partial charge in [0.2, 0.25) is 12.7 Å². The molecule has 0 spiro atoms. The Kier molecular flexibility index (Phi) is 3.73. The molecule has 0 saturated carbocycles. The van der Waals surface area contributed by atoms with Crippen molar-refractivity contribution in [1.29, 1.82) is 5.26 Å². The Labute approximate surface area is 143 Å². The summed E-state index contributed by atoms with van der Waals surface area (Å²) in [6, 6.07) is 14.6. The summed E-state index contributed by atoms with van der Waals surface area (Å²) in [5.41, 5.74) is 2.16. The molecular weight excluding hydrogens is 320 g/mol. The molecule has 8 nitrogen and oxygen atoms in total. The number of nitrogens with one attached hydrogen (secondary N) is 2. The van der Waals surface area contributed by atoms with Crippen molar-refractivity contribution in [1.82, 2.24) is 15.2 Å². The van der Waals surface area contributed by atoms with Gasteiger partial charge < -0.3 is 20.1 Å². The Morgan fingerprint density at radius 1 is 0.960 bits per heavy atom. The molecule has 0 unspecified atom stereocenters. The predicted octanol–water partition coefficient (Wildman–Crippen LogP) is 2.96. The average Bonchev–Trinajstić information content (AvgIpc) is 3.10. The molecule has 4 rings (SSSR count). The summed E-state index contributed by atoms with van der Waals surface area (Å²) in [4.78, 5) is 4.37. The lowest BCUT2D eigenvalue weighted by Gasteiger charge is -2.08. The summed E-state index contributed by atoms with van der Waals surface area (Å²) in [7, 11) is 0. The standard InChI is InChI=1S/C17H12N6O2/c18-8-11-1-3-12(4-2-11)20-16-9-19-23-17(22-16)21-13-5-6-14-15(7-13)25-10-24-14/h1-7,9H,10H2,(H2,20,21,22,23). The van der Waals surface area contributed by atoms with E-state index in [4.69, 9.17) is 14.7 Å². The van der Waals surface area contributed by atoms with Crippen molar-refractivity contribution in [3.8, 4) is 17.6 Å². The fourth-order valence-corrected chi connectivity index (χ4v) is 2.30. The molecule has 1 aliphatic rings. The largest absolute Gasteiger partial charge is 0.454 e. The van der Waals surface area contributed by atoms with Crippen LogP contribution in [0.1, 0.15) is 5.56 Å². The van der Waals surface area contributed by atoms with E-state index >= 15 is 0 Å². The predicted molar refractivity (Wildman–Crippen MR) is 90.1 cm³/mol. The van der Waals surface area contributed by atoms with Gasteiger partial charge >= 0.3 is 0 Å². The number of nitrogens with zero attached hydrogens (tertiary/aromatic N) is 4. The maximum Gasteiger partial charge on any atom is 0.249 e. The third-order valence-corrected chi connectivity index (χ3v) is 3.47. The van der Waals surface area contributed by atoms with E-state index in [0.29, 0.717) is 28.8 Å². The smallest absolute Gasteiger partial charge is 0.249 e. The molecule has 2 N–H and O–H groups in total. The van der Waals surface area contributed by atoms with Crippen molar-refractivity contribution in [3.05, 3.63) is 54.2 Å². The number of rotatable bonds is 4. The second kappa shape index (κ2) is 6.33. The van der Waals surface area contributed by atoms with Crippen molar-refractivity contribution in [2.75, 3.05) is 17.4 Å². The Balaban J connectivity index is 1.50. The summed E-state index contributed by atoms with van der Waals surface area (Å²) in [6.45, 7) is 0.223. The molecule has 3 aromatic rings.